The number of ether oxygens (including phenoxy) is 7. The van der Waals surface area contributed by atoms with Crippen molar-refractivity contribution in [3.05, 3.63) is 70.5 Å². The van der Waals surface area contributed by atoms with Crippen LogP contribution < -0.4 is 33.2 Å². The van der Waals surface area contributed by atoms with E-state index in [0.717, 1.165) is 0 Å². The summed E-state index contributed by atoms with van der Waals surface area (Å²) in [4.78, 5) is 25.8. The second-order valence-corrected chi connectivity index (χ2v) is 7.91. The van der Waals surface area contributed by atoms with E-state index in [1.165, 1.54) is 21.3 Å². The van der Waals surface area contributed by atoms with Crippen molar-refractivity contribution in [1.29, 1.82) is 0 Å². The van der Waals surface area contributed by atoms with Gasteiger partial charge < -0.3 is 33.2 Å². The third-order valence-corrected chi connectivity index (χ3v) is 5.87. The van der Waals surface area contributed by atoms with Crippen molar-refractivity contribution >= 4 is 17.8 Å². The first-order chi connectivity index (χ1) is 17.4. The van der Waals surface area contributed by atoms with Gasteiger partial charge in [-0.25, -0.2) is 4.79 Å². The van der Waals surface area contributed by atoms with E-state index in [4.69, 9.17) is 33.2 Å². The summed E-state index contributed by atoms with van der Waals surface area (Å²) in [6.45, 7) is 1.82. The summed E-state index contributed by atoms with van der Waals surface area (Å²) < 4.78 is 38.2. The van der Waals surface area contributed by atoms with Gasteiger partial charge in [0, 0.05) is 17.2 Å². The molecule has 0 unspecified atom stereocenters. The van der Waals surface area contributed by atoms with Gasteiger partial charge in [0.1, 0.15) is 17.2 Å². The van der Waals surface area contributed by atoms with E-state index in [-0.39, 0.29) is 24.1 Å². The number of methoxy groups -OCH3 is 3. The molecule has 36 heavy (non-hydrogen) atoms. The molecular weight excluding hydrogens is 468 g/mol. The average Bonchev–Trinajstić information content (AvgIpc) is 3.49. The van der Waals surface area contributed by atoms with Crippen LogP contribution >= 0.6 is 0 Å². The number of carbonyl (C=O) groups is 2. The number of Topliss-reactive ketones (excluding diaryl/α,β-unsaturated/α-hetero) is 1. The molecule has 0 radical (unpaired) electrons. The number of hydrogen-bond donors (Lipinski definition) is 0. The minimum atomic E-state index is -0.577. The minimum Gasteiger partial charge on any atom is -0.496 e. The molecule has 9 nitrogen and oxygen atoms in total. The van der Waals surface area contributed by atoms with Gasteiger partial charge in [-0.1, -0.05) is 0 Å². The molecule has 0 atom stereocenters. The lowest BCUT2D eigenvalue weighted by atomic mass is 10.1. The van der Waals surface area contributed by atoms with Gasteiger partial charge in [0.25, 0.3) is 0 Å². The number of rotatable bonds is 6. The Morgan fingerprint density at radius 2 is 1.58 bits per heavy atom. The number of fused-ring (bicyclic) bond motifs is 2. The van der Waals surface area contributed by atoms with Gasteiger partial charge in [0.05, 0.1) is 32.5 Å². The largest absolute Gasteiger partial charge is 0.496 e. The highest BCUT2D eigenvalue weighted by Crippen LogP contribution is 2.41. The summed E-state index contributed by atoms with van der Waals surface area (Å²) in [5.41, 5.74) is 1.74. The quantitative estimate of drug-likeness (QED) is 0.279. The molecule has 3 aromatic rings. The van der Waals surface area contributed by atoms with Crippen LogP contribution in [0.15, 0.2) is 48.2 Å². The molecule has 0 amide bonds. The molecule has 3 aromatic carbocycles. The molecule has 9 heteroatoms. The molecule has 0 spiro atoms. The van der Waals surface area contributed by atoms with Crippen molar-refractivity contribution in [2.24, 2.45) is 0 Å². The lowest BCUT2D eigenvalue weighted by Crippen LogP contribution is -2.09. The molecular formula is C27H22O9. The summed E-state index contributed by atoms with van der Waals surface area (Å²) in [5, 5.41) is 0. The average molecular weight is 490 g/mol. The van der Waals surface area contributed by atoms with Gasteiger partial charge in [-0.15, -0.1) is 0 Å². The highest BCUT2D eigenvalue weighted by molar-refractivity contribution is 6.15. The molecule has 0 fully saturated rings. The zero-order valence-corrected chi connectivity index (χ0v) is 20.0. The predicted molar refractivity (Wildman–Crippen MR) is 128 cm³/mol. The second kappa shape index (κ2) is 9.18. The van der Waals surface area contributed by atoms with E-state index in [1.54, 1.807) is 55.5 Å². The van der Waals surface area contributed by atoms with E-state index in [9.17, 15) is 9.59 Å². The fourth-order valence-corrected chi connectivity index (χ4v) is 3.97. The SMILES string of the molecule is COc1cc(OC)c(OC)cc1/C=C1\Oc2c(ccc(OC(=O)c3ccc4c(c3)OCO4)c2C)C1=O. The Labute approximate surface area is 206 Å². The molecule has 2 aliphatic rings. The molecule has 2 heterocycles. The predicted octanol–water partition coefficient (Wildman–Crippen LogP) is 4.58. The normalized spacial score (nSPS) is 14.3. The Kier molecular flexibility index (Phi) is 5.89. The lowest BCUT2D eigenvalue weighted by Gasteiger charge is -2.12. The lowest BCUT2D eigenvalue weighted by molar-refractivity contribution is 0.0732. The summed E-state index contributed by atoms with van der Waals surface area (Å²) in [6.07, 6.45) is 1.57. The van der Waals surface area contributed by atoms with Gasteiger partial charge >= 0.3 is 5.97 Å². The van der Waals surface area contributed by atoms with Gasteiger partial charge in [0.2, 0.25) is 12.6 Å². The molecule has 5 rings (SSSR count). The zero-order valence-electron chi connectivity index (χ0n) is 20.0. The topological polar surface area (TPSA) is 98.8 Å². The fourth-order valence-electron chi connectivity index (χ4n) is 3.97. The first kappa shape index (κ1) is 23.1. The number of esters is 1. The van der Waals surface area contributed by atoms with E-state index in [0.29, 0.717) is 56.8 Å². The third-order valence-electron chi connectivity index (χ3n) is 5.87. The van der Waals surface area contributed by atoms with Crippen LogP contribution in [-0.2, 0) is 0 Å². The van der Waals surface area contributed by atoms with Crippen LogP contribution in [0.25, 0.3) is 6.08 Å². The van der Waals surface area contributed by atoms with Crippen LogP contribution in [0.1, 0.15) is 31.8 Å². The zero-order chi connectivity index (χ0) is 25.4. The van der Waals surface area contributed by atoms with Crippen molar-refractivity contribution < 1.29 is 42.7 Å². The smallest absolute Gasteiger partial charge is 0.343 e. The number of benzene rings is 3. The number of hydrogen-bond acceptors (Lipinski definition) is 9. The highest BCUT2D eigenvalue weighted by Gasteiger charge is 2.31. The van der Waals surface area contributed by atoms with E-state index in [2.05, 4.69) is 0 Å². The number of ketones is 1. The molecule has 184 valence electrons. The van der Waals surface area contributed by atoms with Crippen LogP contribution in [0.5, 0.6) is 40.2 Å². The van der Waals surface area contributed by atoms with E-state index in [1.807, 2.05) is 0 Å². The van der Waals surface area contributed by atoms with E-state index >= 15 is 0 Å². The Bertz CT molecular complexity index is 1420. The summed E-state index contributed by atoms with van der Waals surface area (Å²) >= 11 is 0. The maximum Gasteiger partial charge on any atom is 0.343 e. The molecule has 0 N–H and O–H groups in total. The van der Waals surface area contributed by atoms with Crippen LogP contribution in [0.4, 0.5) is 0 Å². The van der Waals surface area contributed by atoms with Gasteiger partial charge in [-0.05, 0) is 49.4 Å². The third kappa shape index (κ3) is 3.94. The number of carbonyl (C=O) groups excluding carboxylic acids is 2. The summed E-state index contributed by atoms with van der Waals surface area (Å²) in [7, 11) is 4.56. The monoisotopic (exact) mass is 490 g/mol. The van der Waals surface area contributed by atoms with E-state index < -0.39 is 5.97 Å². The molecule has 0 bridgehead atoms. The van der Waals surface area contributed by atoms with Crippen molar-refractivity contribution in [2.75, 3.05) is 28.1 Å². The first-order valence-electron chi connectivity index (χ1n) is 10.9. The minimum absolute atomic E-state index is 0.0952. The van der Waals surface area contributed by atoms with Crippen molar-refractivity contribution in [3.8, 4) is 40.2 Å². The summed E-state index contributed by atoms with van der Waals surface area (Å²) in [6, 6.07) is 11.3. The van der Waals surface area contributed by atoms with Crippen LogP contribution in [0, 0.1) is 6.92 Å². The second-order valence-electron chi connectivity index (χ2n) is 7.91. The molecule has 0 aliphatic carbocycles. The maximum atomic E-state index is 13.1. The Morgan fingerprint density at radius 1 is 0.861 bits per heavy atom. The van der Waals surface area contributed by atoms with Gasteiger partial charge in [-0.2, -0.15) is 0 Å². The van der Waals surface area contributed by atoms with Gasteiger partial charge in [-0.3, -0.25) is 4.79 Å². The molecule has 0 saturated heterocycles. The van der Waals surface area contributed by atoms with Crippen LogP contribution in [-0.4, -0.2) is 39.9 Å². The van der Waals surface area contributed by atoms with Gasteiger partial charge in [0.15, 0.2) is 28.8 Å². The Balaban J connectivity index is 1.43. The number of allylic oxidation sites excluding steroid dienone is 1. The summed E-state index contributed by atoms with van der Waals surface area (Å²) in [5.74, 6) is 2.29. The Morgan fingerprint density at radius 3 is 2.33 bits per heavy atom. The van der Waals surface area contributed by atoms with Crippen molar-refractivity contribution in [2.45, 2.75) is 6.92 Å². The fraction of sp³-hybridized carbons (Fsp3) is 0.185. The highest BCUT2D eigenvalue weighted by atomic mass is 16.7. The van der Waals surface area contributed by atoms with Crippen LogP contribution in [0.3, 0.4) is 0 Å². The first-order valence-corrected chi connectivity index (χ1v) is 10.9. The van der Waals surface area contributed by atoms with Crippen molar-refractivity contribution in [3.63, 3.8) is 0 Å². The Hall–Kier alpha value is -4.66. The molecule has 2 aliphatic heterocycles. The van der Waals surface area contributed by atoms with Crippen molar-refractivity contribution in [1.82, 2.24) is 0 Å². The van der Waals surface area contributed by atoms with Crippen LogP contribution in [0.2, 0.25) is 0 Å². The maximum absolute atomic E-state index is 13.1. The molecule has 0 saturated carbocycles. The molecule has 0 aromatic heterocycles. The standard InChI is InChI=1S/C27H22O9/c1-14-18(36-27(29)15-5-7-19-23(9-15)34-13-33-19)8-6-17-25(28)24(35-26(14)17)11-16-10-21(31-3)22(32-4)12-20(16)30-2/h5-12H,13H2,1-4H3/b24-11-.